The zero-order valence-electron chi connectivity index (χ0n) is 12.4. The Hall–Kier alpha value is -1.40. The van der Waals surface area contributed by atoms with Crippen LogP contribution < -0.4 is 0 Å². The lowest BCUT2D eigenvalue weighted by Gasteiger charge is -2.33. The summed E-state index contributed by atoms with van der Waals surface area (Å²) in [4.78, 5) is 25.6. The minimum absolute atomic E-state index is 0.115. The van der Waals surface area contributed by atoms with Gasteiger partial charge in [0.25, 0.3) is 0 Å². The summed E-state index contributed by atoms with van der Waals surface area (Å²) in [7, 11) is 0. The molecule has 0 unspecified atom stereocenters. The van der Waals surface area contributed by atoms with Crippen molar-refractivity contribution in [1.29, 1.82) is 0 Å². The first-order chi connectivity index (χ1) is 9.92. The smallest absolute Gasteiger partial charge is 0.330 e. The molecule has 0 spiro atoms. The van der Waals surface area contributed by atoms with Crippen molar-refractivity contribution in [3.05, 3.63) is 11.6 Å². The summed E-state index contributed by atoms with van der Waals surface area (Å²) < 4.78 is 10.7. The lowest BCUT2D eigenvalue weighted by molar-refractivity contribution is -0.143. The van der Waals surface area contributed by atoms with Gasteiger partial charge in [0.05, 0.1) is 17.9 Å². The van der Waals surface area contributed by atoms with Crippen LogP contribution in [0.5, 0.6) is 0 Å². The molecule has 0 bridgehead atoms. The van der Waals surface area contributed by atoms with Crippen molar-refractivity contribution in [2.24, 2.45) is 5.41 Å². The van der Waals surface area contributed by atoms with Crippen LogP contribution in [0.2, 0.25) is 0 Å². The van der Waals surface area contributed by atoms with Crippen LogP contribution in [-0.2, 0) is 19.1 Å². The van der Waals surface area contributed by atoms with Gasteiger partial charge in [0.15, 0.2) is 0 Å². The lowest BCUT2D eigenvalue weighted by Crippen LogP contribution is -2.47. The summed E-state index contributed by atoms with van der Waals surface area (Å²) in [5.41, 5.74) is 0.264. The summed E-state index contributed by atoms with van der Waals surface area (Å²) in [5.74, 6) is -0.676. The molecule has 116 valence electrons. The van der Waals surface area contributed by atoms with E-state index in [2.05, 4.69) is 4.90 Å². The predicted octanol–water partition coefficient (Wildman–Crippen LogP) is 0.246. The zero-order valence-corrected chi connectivity index (χ0v) is 12.4. The van der Waals surface area contributed by atoms with Crippen molar-refractivity contribution in [3.8, 4) is 0 Å². The lowest BCUT2D eigenvalue weighted by atomic mass is 9.76. The van der Waals surface area contributed by atoms with E-state index in [1.54, 1.807) is 0 Å². The second kappa shape index (κ2) is 5.10. The molecule has 3 aliphatic heterocycles. The van der Waals surface area contributed by atoms with Crippen molar-refractivity contribution in [2.75, 3.05) is 19.7 Å². The van der Waals surface area contributed by atoms with Crippen molar-refractivity contribution in [2.45, 2.75) is 44.9 Å². The molecular formula is C15H21NO5. The van der Waals surface area contributed by atoms with E-state index in [0.717, 1.165) is 12.1 Å². The van der Waals surface area contributed by atoms with E-state index in [1.165, 1.54) is 6.08 Å². The van der Waals surface area contributed by atoms with Crippen LogP contribution >= 0.6 is 0 Å². The number of carbonyl (C=O) groups excluding carboxylic acids is 2. The highest BCUT2D eigenvalue weighted by Gasteiger charge is 2.65. The Labute approximate surface area is 123 Å². The summed E-state index contributed by atoms with van der Waals surface area (Å²) in [6, 6.07) is -0.159. The third-order valence-electron chi connectivity index (χ3n) is 4.74. The largest absolute Gasteiger partial charge is 0.462 e. The number of esters is 2. The highest BCUT2D eigenvalue weighted by atomic mass is 16.6. The summed E-state index contributed by atoms with van der Waals surface area (Å²) in [6.07, 6.45) is 1.55. The molecule has 0 aliphatic carbocycles. The molecule has 4 atom stereocenters. The molecule has 6 nitrogen and oxygen atoms in total. The van der Waals surface area contributed by atoms with Crippen molar-refractivity contribution in [3.63, 3.8) is 0 Å². The molecular weight excluding hydrogens is 274 g/mol. The van der Waals surface area contributed by atoms with E-state index in [0.29, 0.717) is 13.0 Å². The Morgan fingerprint density at radius 2 is 2.33 bits per heavy atom. The summed E-state index contributed by atoms with van der Waals surface area (Å²) >= 11 is 0. The first-order valence-corrected chi connectivity index (χ1v) is 7.35. The molecule has 3 heterocycles. The molecule has 0 amide bonds. The van der Waals surface area contributed by atoms with Gasteiger partial charge in [0, 0.05) is 25.2 Å². The first-order valence-electron chi connectivity index (χ1n) is 7.35. The number of aliphatic hydroxyl groups is 1. The van der Waals surface area contributed by atoms with Crippen LogP contribution in [-0.4, -0.2) is 59.9 Å². The van der Waals surface area contributed by atoms with Gasteiger partial charge in [-0.25, -0.2) is 4.79 Å². The fourth-order valence-corrected chi connectivity index (χ4v) is 3.93. The molecule has 3 aliphatic rings. The monoisotopic (exact) mass is 295 g/mol. The molecule has 0 aromatic carbocycles. The van der Waals surface area contributed by atoms with Gasteiger partial charge >= 0.3 is 11.9 Å². The van der Waals surface area contributed by atoms with Gasteiger partial charge in [-0.15, -0.1) is 0 Å². The number of rotatable bonds is 3. The van der Waals surface area contributed by atoms with Crippen molar-refractivity contribution >= 4 is 11.9 Å². The van der Waals surface area contributed by atoms with Gasteiger partial charge < -0.3 is 14.6 Å². The molecule has 0 radical (unpaired) electrons. The SMILES string of the molecule is CC(C)=CC(=O)OC[C@]12CC(=O)O[C@H]1CN1CC[C@@H](O)[C@H]12. The molecule has 6 heteroatoms. The Bertz CT molecular complexity index is 498. The van der Waals surface area contributed by atoms with Crippen LogP contribution in [0, 0.1) is 5.41 Å². The minimum atomic E-state index is -0.599. The van der Waals surface area contributed by atoms with E-state index in [1.807, 2.05) is 13.8 Å². The summed E-state index contributed by atoms with van der Waals surface area (Å²) in [6.45, 7) is 5.17. The van der Waals surface area contributed by atoms with Crippen LogP contribution in [0.15, 0.2) is 11.6 Å². The quantitative estimate of drug-likeness (QED) is 0.594. The topological polar surface area (TPSA) is 76.1 Å². The van der Waals surface area contributed by atoms with E-state index in [-0.39, 0.29) is 31.1 Å². The van der Waals surface area contributed by atoms with Crippen LogP contribution in [0.4, 0.5) is 0 Å². The van der Waals surface area contributed by atoms with E-state index in [9.17, 15) is 14.7 Å². The maximum absolute atomic E-state index is 11.8. The molecule has 1 N–H and O–H groups in total. The minimum Gasteiger partial charge on any atom is -0.462 e. The predicted molar refractivity (Wildman–Crippen MR) is 73.3 cm³/mol. The standard InChI is InChI=1S/C15H21NO5/c1-9(2)5-12(18)20-8-15-6-13(19)21-11(15)7-16-4-3-10(17)14(15)16/h5,10-11,14,17H,3-4,6-8H2,1-2H3/t10-,11+,14+,15-/m1/s1. The zero-order chi connectivity index (χ0) is 15.2. The molecule has 3 fully saturated rings. The second-order valence-corrected chi connectivity index (χ2v) is 6.51. The average molecular weight is 295 g/mol. The third kappa shape index (κ3) is 2.36. The number of ether oxygens (including phenoxy) is 2. The maximum Gasteiger partial charge on any atom is 0.330 e. The van der Waals surface area contributed by atoms with Gasteiger partial charge in [0.1, 0.15) is 12.7 Å². The maximum atomic E-state index is 11.8. The Morgan fingerprint density at radius 1 is 1.57 bits per heavy atom. The first kappa shape index (κ1) is 14.5. The highest BCUT2D eigenvalue weighted by Crippen LogP contribution is 2.50. The van der Waals surface area contributed by atoms with Crippen molar-refractivity contribution in [1.82, 2.24) is 4.90 Å². The fourth-order valence-electron chi connectivity index (χ4n) is 3.93. The molecule has 0 aromatic rings. The van der Waals surface area contributed by atoms with E-state index in [4.69, 9.17) is 9.47 Å². The van der Waals surface area contributed by atoms with Gasteiger partial charge in [-0.1, -0.05) is 5.57 Å². The molecule has 3 rings (SSSR count). The Kier molecular flexibility index (Phi) is 3.53. The fraction of sp³-hybridized carbons (Fsp3) is 0.733. The van der Waals surface area contributed by atoms with Gasteiger partial charge in [-0.2, -0.15) is 0 Å². The second-order valence-electron chi connectivity index (χ2n) is 6.51. The number of aliphatic hydroxyl groups excluding tert-OH is 1. The molecule has 21 heavy (non-hydrogen) atoms. The average Bonchev–Trinajstić information content (AvgIpc) is 2.96. The Balaban J connectivity index is 1.79. The van der Waals surface area contributed by atoms with E-state index >= 15 is 0 Å². The van der Waals surface area contributed by atoms with Gasteiger partial charge in [-0.3, -0.25) is 9.69 Å². The third-order valence-corrected chi connectivity index (χ3v) is 4.74. The van der Waals surface area contributed by atoms with Crippen LogP contribution in [0.25, 0.3) is 0 Å². The molecule has 3 saturated heterocycles. The van der Waals surface area contributed by atoms with Crippen molar-refractivity contribution < 1.29 is 24.2 Å². The van der Waals surface area contributed by atoms with Gasteiger partial charge in [-0.05, 0) is 20.3 Å². The molecule has 0 saturated carbocycles. The van der Waals surface area contributed by atoms with E-state index < -0.39 is 17.5 Å². The highest BCUT2D eigenvalue weighted by molar-refractivity contribution is 5.82. The number of nitrogens with zero attached hydrogens (tertiary/aromatic N) is 1. The number of hydrogen-bond acceptors (Lipinski definition) is 6. The number of allylic oxidation sites excluding steroid dienone is 1. The summed E-state index contributed by atoms with van der Waals surface area (Å²) in [5, 5.41) is 10.2. The Morgan fingerprint density at radius 3 is 3.05 bits per heavy atom. The number of hydrogen-bond donors (Lipinski definition) is 1. The number of carbonyl (C=O) groups is 2. The van der Waals surface area contributed by atoms with Crippen LogP contribution in [0.1, 0.15) is 26.7 Å². The normalized spacial score (nSPS) is 37.9. The van der Waals surface area contributed by atoms with Crippen LogP contribution in [0.3, 0.4) is 0 Å². The number of fused-ring (bicyclic) bond motifs is 3. The molecule has 0 aromatic heterocycles. The van der Waals surface area contributed by atoms with Gasteiger partial charge in [0.2, 0.25) is 0 Å².